The molecule has 0 aromatic rings. The van der Waals surface area contributed by atoms with Crippen molar-refractivity contribution in [1.29, 1.82) is 0 Å². The van der Waals surface area contributed by atoms with E-state index in [4.69, 9.17) is 10.8 Å². The minimum absolute atomic E-state index is 0.526. The van der Waals surface area contributed by atoms with E-state index in [1.165, 1.54) is 6.92 Å². The van der Waals surface area contributed by atoms with Crippen LogP contribution in [0.4, 0.5) is 0 Å². The Kier molecular flexibility index (Phi) is 6.07. The van der Waals surface area contributed by atoms with Crippen LogP contribution in [0, 0.1) is 0 Å². The van der Waals surface area contributed by atoms with Gasteiger partial charge < -0.3 is 16.2 Å². The molecular formula is C9H17N2O3. The molecule has 0 rings (SSSR count). The average molecular weight is 201 g/mol. The van der Waals surface area contributed by atoms with Gasteiger partial charge in [0.25, 0.3) is 0 Å². The quantitative estimate of drug-likeness (QED) is 0.518. The second kappa shape index (κ2) is 6.50. The van der Waals surface area contributed by atoms with E-state index in [1.807, 2.05) is 6.92 Å². The van der Waals surface area contributed by atoms with Crippen LogP contribution in [-0.2, 0) is 9.59 Å². The van der Waals surface area contributed by atoms with Gasteiger partial charge in [0.05, 0.1) is 12.1 Å². The van der Waals surface area contributed by atoms with Gasteiger partial charge in [0.2, 0.25) is 12.2 Å². The summed E-state index contributed by atoms with van der Waals surface area (Å²) in [6.07, 6.45) is 2.08. The van der Waals surface area contributed by atoms with Crippen molar-refractivity contribution in [3.63, 3.8) is 0 Å². The molecule has 0 aliphatic carbocycles. The number of nitrogens with one attached hydrogen (secondary N) is 1. The van der Waals surface area contributed by atoms with E-state index in [-0.39, 0.29) is 0 Å². The van der Waals surface area contributed by atoms with Crippen molar-refractivity contribution in [3.05, 3.63) is 0 Å². The summed E-state index contributed by atoms with van der Waals surface area (Å²) in [5, 5.41) is 11.4. The maximum absolute atomic E-state index is 11.3. The molecule has 0 aliphatic heterocycles. The molecule has 14 heavy (non-hydrogen) atoms. The molecule has 0 saturated heterocycles. The van der Waals surface area contributed by atoms with E-state index in [9.17, 15) is 9.59 Å². The zero-order chi connectivity index (χ0) is 11.1. The van der Waals surface area contributed by atoms with E-state index in [1.54, 1.807) is 6.29 Å². The highest BCUT2D eigenvalue weighted by atomic mass is 16.3. The van der Waals surface area contributed by atoms with Crippen LogP contribution in [0.3, 0.4) is 0 Å². The maximum atomic E-state index is 11.3. The van der Waals surface area contributed by atoms with Gasteiger partial charge in [-0.15, -0.1) is 0 Å². The van der Waals surface area contributed by atoms with E-state index >= 15 is 0 Å². The fourth-order valence-electron chi connectivity index (χ4n) is 0.936. The summed E-state index contributed by atoms with van der Waals surface area (Å²) < 4.78 is 0. The van der Waals surface area contributed by atoms with Gasteiger partial charge in [-0.1, -0.05) is 13.3 Å². The van der Waals surface area contributed by atoms with Crippen LogP contribution < -0.4 is 11.1 Å². The Morgan fingerprint density at radius 3 is 2.57 bits per heavy atom. The molecule has 81 valence electrons. The van der Waals surface area contributed by atoms with E-state index in [0.29, 0.717) is 6.42 Å². The summed E-state index contributed by atoms with van der Waals surface area (Å²) in [7, 11) is 0. The highest BCUT2D eigenvalue weighted by Gasteiger charge is 2.21. The number of hydrogen-bond donors (Lipinski definition) is 3. The third-order valence-corrected chi connectivity index (χ3v) is 1.86. The Morgan fingerprint density at radius 1 is 1.64 bits per heavy atom. The fourth-order valence-corrected chi connectivity index (χ4v) is 0.936. The normalized spacial score (nSPS) is 16.9. The minimum atomic E-state index is -0.997. The number of hydrogen-bond acceptors (Lipinski definition) is 4. The van der Waals surface area contributed by atoms with Gasteiger partial charge >= 0.3 is 0 Å². The Labute approximate surface area is 83.7 Å². The molecule has 0 fully saturated rings. The molecule has 5 heteroatoms. The molecule has 0 bridgehead atoms. The number of nitrogens with two attached hydrogens (primary N) is 1. The zero-order valence-corrected chi connectivity index (χ0v) is 8.49. The van der Waals surface area contributed by atoms with Crippen LogP contribution in [-0.4, -0.2) is 35.5 Å². The highest BCUT2D eigenvalue weighted by molar-refractivity contribution is 5.84. The van der Waals surface area contributed by atoms with Crippen LogP contribution in [0.15, 0.2) is 0 Å². The molecule has 0 spiro atoms. The first kappa shape index (κ1) is 13.1. The number of aliphatic hydroxyl groups is 1. The number of carbonyl (C=O) groups excluding carboxylic acids is 2. The molecule has 0 aromatic carbocycles. The van der Waals surface area contributed by atoms with Gasteiger partial charge in [-0.25, -0.2) is 0 Å². The van der Waals surface area contributed by atoms with Crippen molar-refractivity contribution in [2.24, 2.45) is 5.73 Å². The van der Waals surface area contributed by atoms with Crippen LogP contribution in [0.5, 0.6) is 0 Å². The first-order valence-corrected chi connectivity index (χ1v) is 4.64. The average Bonchev–Trinajstić information content (AvgIpc) is 2.15. The molecule has 0 aliphatic rings. The van der Waals surface area contributed by atoms with Crippen LogP contribution >= 0.6 is 0 Å². The standard InChI is InChI=1S/C9H17N2O3/c1-3-4-7(5-12)11-9(14)8(10)6(2)13/h6-8,13H,3-4,10H2,1-2H3,(H,11,14)/t6-,7+,8+/m1/s1. The maximum Gasteiger partial charge on any atom is 0.240 e. The lowest BCUT2D eigenvalue weighted by Gasteiger charge is -2.17. The molecule has 1 amide bonds. The van der Waals surface area contributed by atoms with E-state index in [2.05, 4.69) is 5.32 Å². The zero-order valence-electron chi connectivity index (χ0n) is 8.49. The lowest BCUT2D eigenvalue weighted by atomic mass is 10.1. The third kappa shape index (κ3) is 4.34. The second-order valence-electron chi connectivity index (χ2n) is 3.23. The summed E-state index contributed by atoms with van der Waals surface area (Å²) in [6, 6.07) is -1.62. The van der Waals surface area contributed by atoms with Crippen molar-refractivity contribution in [2.45, 2.75) is 44.9 Å². The van der Waals surface area contributed by atoms with Gasteiger partial charge in [-0.05, 0) is 13.3 Å². The van der Waals surface area contributed by atoms with Crippen molar-refractivity contribution >= 4 is 12.2 Å². The van der Waals surface area contributed by atoms with Gasteiger partial charge in [0.1, 0.15) is 6.04 Å². The lowest BCUT2D eigenvalue weighted by molar-refractivity contribution is -0.124. The third-order valence-electron chi connectivity index (χ3n) is 1.86. The van der Waals surface area contributed by atoms with E-state index < -0.39 is 24.1 Å². The summed E-state index contributed by atoms with van der Waals surface area (Å²) in [6.45, 7) is 3.31. The SMILES string of the molecule is CCC[C@@H]([C]=O)NC(=O)[C@@H](N)[C@@H](C)O. The number of rotatable bonds is 6. The second-order valence-corrected chi connectivity index (χ2v) is 3.23. The van der Waals surface area contributed by atoms with Gasteiger partial charge in [-0.3, -0.25) is 9.59 Å². The van der Waals surface area contributed by atoms with Crippen molar-refractivity contribution < 1.29 is 14.7 Å². The van der Waals surface area contributed by atoms with Gasteiger partial charge in [0.15, 0.2) is 0 Å². The predicted molar refractivity (Wildman–Crippen MR) is 52.2 cm³/mol. The molecule has 0 aromatic heterocycles. The lowest BCUT2D eigenvalue weighted by Crippen LogP contribution is -2.50. The van der Waals surface area contributed by atoms with Gasteiger partial charge in [0, 0.05) is 0 Å². The number of amides is 1. The predicted octanol–water partition coefficient (Wildman–Crippen LogP) is -0.911. The molecular weight excluding hydrogens is 184 g/mol. The molecule has 3 atom stereocenters. The van der Waals surface area contributed by atoms with Crippen LogP contribution in [0.2, 0.25) is 0 Å². The largest absolute Gasteiger partial charge is 0.391 e. The summed E-state index contributed by atoms with van der Waals surface area (Å²) in [4.78, 5) is 21.6. The Hall–Kier alpha value is -0.940. The highest BCUT2D eigenvalue weighted by Crippen LogP contribution is 1.95. The van der Waals surface area contributed by atoms with Crippen molar-refractivity contribution in [3.8, 4) is 0 Å². The topological polar surface area (TPSA) is 92.4 Å². The van der Waals surface area contributed by atoms with Gasteiger partial charge in [-0.2, -0.15) is 0 Å². The molecule has 4 N–H and O–H groups in total. The Morgan fingerprint density at radius 2 is 2.21 bits per heavy atom. The monoisotopic (exact) mass is 201 g/mol. The van der Waals surface area contributed by atoms with Crippen molar-refractivity contribution in [1.82, 2.24) is 5.32 Å². The molecule has 0 heterocycles. The smallest absolute Gasteiger partial charge is 0.240 e. The van der Waals surface area contributed by atoms with Crippen LogP contribution in [0.1, 0.15) is 26.7 Å². The first-order valence-electron chi connectivity index (χ1n) is 4.64. The summed E-state index contributed by atoms with van der Waals surface area (Å²) in [5.74, 6) is -0.526. The van der Waals surface area contributed by atoms with Crippen LogP contribution in [0.25, 0.3) is 0 Å². The molecule has 0 unspecified atom stereocenters. The Bertz CT molecular complexity index is 194. The molecule has 0 saturated carbocycles. The number of carbonyl (C=O) groups is 1. The van der Waals surface area contributed by atoms with Crippen molar-refractivity contribution in [2.75, 3.05) is 0 Å². The number of aliphatic hydroxyl groups excluding tert-OH is 1. The minimum Gasteiger partial charge on any atom is -0.391 e. The summed E-state index contributed by atoms with van der Waals surface area (Å²) in [5.41, 5.74) is 5.37. The fraction of sp³-hybridized carbons (Fsp3) is 0.778. The summed E-state index contributed by atoms with van der Waals surface area (Å²) >= 11 is 0. The Balaban J connectivity index is 4.08. The molecule has 5 nitrogen and oxygen atoms in total. The first-order chi connectivity index (χ1) is 6.52. The van der Waals surface area contributed by atoms with E-state index in [0.717, 1.165) is 6.42 Å². The molecule has 1 radical (unpaired) electrons.